The predicted octanol–water partition coefficient (Wildman–Crippen LogP) is 5.38. The van der Waals surface area contributed by atoms with Crippen molar-refractivity contribution < 1.29 is 4.79 Å². The fraction of sp³-hybridized carbons (Fsp3) is 0.591. The molecule has 0 aromatic carbocycles. The summed E-state index contributed by atoms with van der Waals surface area (Å²) < 4.78 is 0. The Balaban J connectivity index is 2.13. The fourth-order valence-electron chi connectivity index (χ4n) is 3.52. The van der Waals surface area contributed by atoms with Gasteiger partial charge in [-0.3, -0.25) is 9.69 Å². The highest BCUT2D eigenvalue weighted by molar-refractivity contribution is 5.87. The Bertz CT molecular complexity index is 550. The molecular weight excluding hydrogens is 294 g/mol. The van der Waals surface area contributed by atoms with E-state index in [1.165, 1.54) is 56.2 Å². The monoisotopic (exact) mass is 327 g/mol. The van der Waals surface area contributed by atoms with Crippen LogP contribution in [0.2, 0.25) is 0 Å². The Kier molecular flexibility index (Phi) is 7.71. The second-order valence-corrected chi connectivity index (χ2v) is 7.32. The first kappa shape index (κ1) is 18.9. The average molecular weight is 328 g/mol. The second-order valence-electron chi connectivity index (χ2n) is 7.32. The van der Waals surface area contributed by atoms with Crippen LogP contribution in [-0.2, 0) is 4.79 Å². The van der Waals surface area contributed by atoms with E-state index in [9.17, 15) is 4.79 Å². The molecule has 0 N–H and O–H groups in total. The van der Waals surface area contributed by atoms with E-state index in [4.69, 9.17) is 0 Å². The standard InChI is InChI=1S/C22H33NO/c1-18-10-9-12-21(14-13-20(3)24)16-22(18)17-23-15-8-6-4-5-7-11-19(23)2/h10,12-14,16,19H,4-9,11,15,17H2,1-3H3/b14-13+. The number of carbonyl (C=O) groups is 1. The van der Waals surface area contributed by atoms with E-state index in [0.29, 0.717) is 6.04 Å². The molecule has 1 aliphatic heterocycles. The Labute approximate surface area is 148 Å². The van der Waals surface area contributed by atoms with Crippen LogP contribution >= 0.6 is 0 Å². The van der Waals surface area contributed by atoms with E-state index in [-0.39, 0.29) is 5.78 Å². The van der Waals surface area contributed by atoms with Crippen LogP contribution in [-0.4, -0.2) is 29.8 Å². The molecule has 1 unspecified atom stereocenters. The minimum atomic E-state index is 0.105. The molecule has 2 nitrogen and oxygen atoms in total. The lowest BCUT2D eigenvalue weighted by atomic mass is 10.0. The molecule has 0 aromatic heterocycles. The Hall–Kier alpha value is -1.41. The smallest absolute Gasteiger partial charge is 0.152 e. The van der Waals surface area contributed by atoms with Crippen molar-refractivity contribution in [1.82, 2.24) is 4.90 Å². The summed E-state index contributed by atoms with van der Waals surface area (Å²) in [4.78, 5) is 13.9. The first-order chi connectivity index (χ1) is 11.6. The van der Waals surface area contributed by atoms with Crippen molar-refractivity contribution in [3.05, 3.63) is 47.1 Å². The summed E-state index contributed by atoms with van der Waals surface area (Å²) in [6.07, 6.45) is 19.5. The van der Waals surface area contributed by atoms with Crippen LogP contribution in [0.5, 0.6) is 0 Å². The minimum Gasteiger partial charge on any atom is -0.296 e. The van der Waals surface area contributed by atoms with Gasteiger partial charge in [0.05, 0.1) is 0 Å². The Morgan fingerprint density at radius 3 is 2.75 bits per heavy atom. The summed E-state index contributed by atoms with van der Waals surface area (Å²) in [6, 6.07) is 0.653. The van der Waals surface area contributed by atoms with Crippen molar-refractivity contribution in [1.29, 1.82) is 0 Å². The number of nitrogens with zero attached hydrogens (tertiary/aromatic N) is 1. The van der Waals surface area contributed by atoms with Gasteiger partial charge in [0.15, 0.2) is 5.78 Å². The number of rotatable bonds is 4. The molecule has 2 heteroatoms. The van der Waals surface area contributed by atoms with Crippen LogP contribution in [0.4, 0.5) is 0 Å². The molecule has 0 bridgehead atoms. The van der Waals surface area contributed by atoms with Gasteiger partial charge in [-0.2, -0.15) is 0 Å². The SMILES string of the molecule is CC(=O)/C=C/C1=CCC=C(C)C(CN2CCCCCCCC2C)=C1. The van der Waals surface area contributed by atoms with Gasteiger partial charge < -0.3 is 0 Å². The number of ketones is 1. The van der Waals surface area contributed by atoms with Gasteiger partial charge in [0.25, 0.3) is 0 Å². The molecule has 1 heterocycles. The van der Waals surface area contributed by atoms with E-state index < -0.39 is 0 Å². The lowest BCUT2D eigenvalue weighted by molar-refractivity contribution is -0.112. The average Bonchev–Trinajstić information content (AvgIpc) is 2.64. The second kappa shape index (κ2) is 9.78. The van der Waals surface area contributed by atoms with Crippen LogP contribution in [0.1, 0.15) is 65.7 Å². The largest absolute Gasteiger partial charge is 0.296 e. The van der Waals surface area contributed by atoms with E-state index in [0.717, 1.165) is 18.5 Å². The number of hydrogen-bond acceptors (Lipinski definition) is 2. The number of carbonyl (C=O) groups excluding carboxylic acids is 1. The zero-order chi connectivity index (χ0) is 17.4. The van der Waals surface area contributed by atoms with Crippen LogP contribution in [0.25, 0.3) is 0 Å². The number of hydrogen-bond donors (Lipinski definition) is 0. The van der Waals surface area contributed by atoms with Crippen LogP contribution in [0, 0.1) is 0 Å². The first-order valence-corrected chi connectivity index (χ1v) is 9.57. The molecular formula is C22H33NO. The third-order valence-corrected chi connectivity index (χ3v) is 5.20. The first-order valence-electron chi connectivity index (χ1n) is 9.57. The third kappa shape index (κ3) is 6.24. The third-order valence-electron chi connectivity index (χ3n) is 5.20. The molecule has 2 rings (SSSR count). The topological polar surface area (TPSA) is 20.3 Å². The normalized spacial score (nSPS) is 24.3. The van der Waals surface area contributed by atoms with Crippen LogP contribution in [0.3, 0.4) is 0 Å². The van der Waals surface area contributed by atoms with E-state index >= 15 is 0 Å². The van der Waals surface area contributed by atoms with E-state index in [1.54, 1.807) is 13.0 Å². The lowest BCUT2D eigenvalue weighted by Gasteiger charge is -2.30. The van der Waals surface area contributed by atoms with Crippen molar-refractivity contribution in [2.45, 2.75) is 71.8 Å². The lowest BCUT2D eigenvalue weighted by Crippen LogP contribution is -2.35. The zero-order valence-electron chi connectivity index (χ0n) is 15.7. The van der Waals surface area contributed by atoms with Crippen LogP contribution < -0.4 is 0 Å². The van der Waals surface area contributed by atoms with Crippen molar-refractivity contribution >= 4 is 5.78 Å². The van der Waals surface area contributed by atoms with Crippen molar-refractivity contribution in [2.75, 3.05) is 13.1 Å². The molecule has 1 atom stereocenters. The molecule has 1 saturated heterocycles. The summed E-state index contributed by atoms with van der Waals surface area (Å²) in [5.74, 6) is 0.105. The van der Waals surface area contributed by atoms with Gasteiger partial charge in [0, 0.05) is 12.6 Å². The van der Waals surface area contributed by atoms with Gasteiger partial charge in [-0.05, 0) is 63.8 Å². The Morgan fingerprint density at radius 2 is 1.96 bits per heavy atom. The summed E-state index contributed by atoms with van der Waals surface area (Å²) in [7, 11) is 0. The fourth-order valence-corrected chi connectivity index (χ4v) is 3.52. The van der Waals surface area contributed by atoms with Crippen LogP contribution in [0.15, 0.2) is 47.1 Å². The van der Waals surface area contributed by atoms with Gasteiger partial charge in [0.2, 0.25) is 0 Å². The highest BCUT2D eigenvalue weighted by Gasteiger charge is 2.17. The van der Waals surface area contributed by atoms with Gasteiger partial charge in [-0.25, -0.2) is 0 Å². The number of allylic oxidation sites excluding steroid dienone is 6. The molecule has 132 valence electrons. The Morgan fingerprint density at radius 1 is 1.21 bits per heavy atom. The predicted molar refractivity (Wildman–Crippen MR) is 103 cm³/mol. The van der Waals surface area contributed by atoms with Crippen molar-refractivity contribution in [3.63, 3.8) is 0 Å². The van der Waals surface area contributed by atoms with Gasteiger partial charge >= 0.3 is 0 Å². The summed E-state index contributed by atoms with van der Waals surface area (Å²) >= 11 is 0. The van der Waals surface area contributed by atoms with E-state index in [2.05, 4.69) is 37.0 Å². The highest BCUT2D eigenvalue weighted by Crippen LogP contribution is 2.23. The van der Waals surface area contributed by atoms with Gasteiger partial charge in [-0.1, -0.05) is 55.6 Å². The maximum absolute atomic E-state index is 11.2. The molecule has 1 aliphatic carbocycles. The molecule has 0 aromatic rings. The molecule has 0 amide bonds. The summed E-state index contributed by atoms with van der Waals surface area (Å²) in [5.41, 5.74) is 3.94. The molecule has 1 fully saturated rings. The van der Waals surface area contributed by atoms with Gasteiger partial charge in [0.1, 0.15) is 0 Å². The maximum atomic E-state index is 11.2. The maximum Gasteiger partial charge on any atom is 0.152 e. The molecule has 0 spiro atoms. The minimum absolute atomic E-state index is 0.105. The molecule has 0 radical (unpaired) electrons. The van der Waals surface area contributed by atoms with Crippen molar-refractivity contribution in [3.8, 4) is 0 Å². The molecule has 24 heavy (non-hydrogen) atoms. The molecule has 0 saturated carbocycles. The zero-order valence-corrected chi connectivity index (χ0v) is 15.7. The highest BCUT2D eigenvalue weighted by atomic mass is 16.1. The summed E-state index contributed by atoms with van der Waals surface area (Å²) in [6.45, 7) is 8.43. The summed E-state index contributed by atoms with van der Waals surface area (Å²) in [5, 5.41) is 0. The van der Waals surface area contributed by atoms with Crippen molar-refractivity contribution in [2.24, 2.45) is 0 Å². The van der Waals surface area contributed by atoms with Gasteiger partial charge in [-0.15, -0.1) is 0 Å². The molecule has 2 aliphatic rings. The quantitative estimate of drug-likeness (QED) is 0.646. The van der Waals surface area contributed by atoms with E-state index in [1.807, 2.05) is 6.08 Å².